The fraction of sp³-hybridized carbons (Fsp3) is 0.400. The van der Waals surface area contributed by atoms with E-state index in [4.69, 9.17) is 11.6 Å². The topological polar surface area (TPSA) is 20.2 Å². The molecule has 1 rings (SSSR count). The molecule has 0 spiro atoms. The molecule has 2 atom stereocenters. The second kappa shape index (κ2) is 3.92. The van der Waals surface area contributed by atoms with Crippen molar-refractivity contribution in [3.63, 3.8) is 0 Å². The normalized spacial score (nSPS) is 15.7. The van der Waals surface area contributed by atoms with Crippen molar-refractivity contribution in [1.82, 2.24) is 0 Å². The molecule has 0 fully saturated rings. The standard InChI is InChI=1S/C10H13ClO/c1-7(8(2)12)9-5-3-4-6-10(9)11/h3-8,12H,1-2H3/t7-,8+/m0/s1. The maximum atomic E-state index is 9.34. The van der Waals surface area contributed by atoms with Gasteiger partial charge in [-0.2, -0.15) is 0 Å². The van der Waals surface area contributed by atoms with Crippen molar-refractivity contribution in [3.8, 4) is 0 Å². The molecule has 0 bridgehead atoms. The van der Waals surface area contributed by atoms with Gasteiger partial charge in [0.1, 0.15) is 0 Å². The molecule has 12 heavy (non-hydrogen) atoms. The Labute approximate surface area is 78.0 Å². The van der Waals surface area contributed by atoms with Gasteiger partial charge in [0.25, 0.3) is 0 Å². The number of benzene rings is 1. The summed E-state index contributed by atoms with van der Waals surface area (Å²) in [4.78, 5) is 0. The lowest BCUT2D eigenvalue weighted by Crippen LogP contribution is -2.11. The molecule has 0 saturated carbocycles. The highest BCUT2D eigenvalue weighted by Crippen LogP contribution is 2.26. The van der Waals surface area contributed by atoms with E-state index in [1.165, 1.54) is 0 Å². The van der Waals surface area contributed by atoms with Crippen LogP contribution >= 0.6 is 11.6 Å². The number of aliphatic hydroxyl groups excluding tert-OH is 1. The first-order chi connectivity index (χ1) is 5.63. The number of hydrogen-bond acceptors (Lipinski definition) is 1. The Morgan fingerprint density at radius 1 is 1.25 bits per heavy atom. The fourth-order valence-electron chi connectivity index (χ4n) is 1.10. The maximum Gasteiger partial charge on any atom is 0.0578 e. The molecule has 1 N–H and O–H groups in total. The number of rotatable bonds is 2. The Balaban J connectivity index is 2.94. The van der Waals surface area contributed by atoms with Crippen molar-refractivity contribution >= 4 is 11.6 Å². The molecule has 66 valence electrons. The largest absolute Gasteiger partial charge is 0.393 e. The van der Waals surface area contributed by atoms with Crippen LogP contribution in [-0.2, 0) is 0 Å². The van der Waals surface area contributed by atoms with Crippen LogP contribution in [0.5, 0.6) is 0 Å². The van der Waals surface area contributed by atoms with E-state index in [0.717, 1.165) is 10.6 Å². The molecule has 0 aliphatic carbocycles. The summed E-state index contributed by atoms with van der Waals surface area (Å²) in [6, 6.07) is 7.61. The Morgan fingerprint density at radius 3 is 2.33 bits per heavy atom. The van der Waals surface area contributed by atoms with Gasteiger partial charge in [0.2, 0.25) is 0 Å². The SMILES string of the molecule is C[C@H](c1ccccc1Cl)[C@@H](C)O. The predicted molar refractivity (Wildman–Crippen MR) is 51.5 cm³/mol. The van der Waals surface area contributed by atoms with E-state index < -0.39 is 0 Å². The van der Waals surface area contributed by atoms with Crippen LogP contribution in [-0.4, -0.2) is 11.2 Å². The minimum absolute atomic E-state index is 0.0960. The van der Waals surface area contributed by atoms with Crippen molar-refractivity contribution in [2.24, 2.45) is 0 Å². The summed E-state index contributed by atoms with van der Waals surface area (Å²) in [7, 11) is 0. The predicted octanol–water partition coefficient (Wildman–Crippen LogP) is 2.82. The third-order valence-corrected chi connectivity index (χ3v) is 2.46. The first kappa shape index (κ1) is 9.56. The lowest BCUT2D eigenvalue weighted by atomic mass is 9.96. The molecule has 0 aromatic heterocycles. The van der Waals surface area contributed by atoms with Gasteiger partial charge < -0.3 is 5.11 Å². The number of halogens is 1. The zero-order valence-corrected chi connectivity index (χ0v) is 8.05. The van der Waals surface area contributed by atoms with Crippen LogP contribution in [0.25, 0.3) is 0 Å². The fourth-order valence-corrected chi connectivity index (χ4v) is 1.41. The summed E-state index contributed by atoms with van der Waals surface area (Å²) >= 11 is 5.95. The van der Waals surface area contributed by atoms with Gasteiger partial charge in [0, 0.05) is 10.9 Å². The lowest BCUT2D eigenvalue weighted by Gasteiger charge is -2.15. The summed E-state index contributed by atoms with van der Waals surface area (Å²) in [5, 5.41) is 10.1. The first-order valence-corrected chi connectivity index (χ1v) is 4.43. The van der Waals surface area contributed by atoms with Gasteiger partial charge in [0.05, 0.1) is 6.10 Å². The molecule has 2 heteroatoms. The second-order valence-electron chi connectivity index (χ2n) is 3.05. The zero-order valence-electron chi connectivity index (χ0n) is 7.29. The first-order valence-electron chi connectivity index (χ1n) is 4.05. The van der Waals surface area contributed by atoms with Gasteiger partial charge in [-0.1, -0.05) is 36.7 Å². The van der Waals surface area contributed by atoms with Gasteiger partial charge >= 0.3 is 0 Å². The van der Waals surface area contributed by atoms with E-state index >= 15 is 0 Å². The van der Waals surface area contributed by atoms with Gasteiger partial charge in [-0.15, -0.1) is 0 Å². The Hall–Kier alpha value is -0.530. The highest BCUT2D eigenvalue weighted by atomic mass is 35.5. The van der Waals surface area contributed by atoms with Gasteiger partial charge in [0.15, 0.2) is 0 Å². The number of aliphatic hydroxyl groups is 1. The Kier molecular flexibility index (Phi) is 3.12. The molecular formula is C10H13ClO. The van der Waals surface area contributed by atoms with Crippen LogP contribution in [0.4, 0.5) is 0 Å². The van der Waals surface area contributed by atoms with Crippen molar-refractivity contribution < 1.29 is 5.11 Å². The van der Waals surface area contributed by atoms with Crippen LogP contribution in [0.3, 0.4) is 0 Å². The summed E-state index contributed by atoms with van der Waals surface area (Å²) in [5.41, 5.74) is 1.01. The summed E-state index contributed by atoms with van der Waals surface area (Å²) in [6.07, 6.45) is -0.357. The molecule has 0 unspecified atom stereocenters. The molecule has 0 aliphatic heterocycles. The van der Waals surface area contributed by atoms with E-state index in [9.17, 15) is 5.11 Å². The van der Waals surface area contributed by atoms with Crippen molar-refractivity contribution in [2.75, 3.05) is 0 Å². The van der Waals surface area contributed by atoms with E-state index in [0.29, 0.717) is 0 Å². The van der Waals surface area contributed by atoms with Crippen molar-refractivity contribution in [1.29, 1.82) is 0 Å². The highest BCUT2D eigenvalue weighted by Gasteiger charge is 2.13. The monoisotopic (exact) mass is 184 g/mol. The molecule has 0 heterocycles. The van der Waals surface area contributed by atoms with Crippen molar-refractivity contribution in [2.45, 2.75) is 25.9 Å². The molecule has 1 nitrogen and oxygen atoms in total. The van der Waals surface area contributed by atoms with Crippen LogP contribution in [0.15, 0.2) is 24.3 Å². The van der Waals surface area contributed by atoms with Gasteiger partial charge in [-0.25, -0.2) is 0 Å². The van der Waals surface area contributed by atoms with Crippen LogP contribution in [0.2, 0.25) is 5.02 Å². The molecule has 0 aliphatic rings. The zero-order chi connectivity index (χ0) is 9.14. The molecule has 0 amide bonds. The molecule has 0 saturated heterocycles. The summed E-state index contributed by atoms with van der Waals surface area (Å²) in [6.45, 7) is 3.74. The van der Waals surface area contributed by atoms with E-state index in [1.54, 1.807) is 6.92 Å². The minimum Gasteiger partial charge on any atom is -0.393 e. The van der Waals surface area contributed by atoms with Crippen LogP contribution in [0.1, 0.15) is 25.3 Å². The number of hydrogen-bond donors (Lipinski definition) is 1. The second-order valence-corrected chi connectivity index (χ2v) is 3.46. The Bertz CT molecular complexity index is 258. The van der Waals surface area contributed by atoms with Crippen LogP contribution in [0, 0.1) is 0 Å². The van der Waals surface area contributed by atoms with E-state index in [-0.39, 0.29) is 12.0 Å². The highest BCUT2D eigenvalue weighted by molar-refractivity contribution is 6.31. The smallest absolute Gasteiger partial charge is 0.0578 e. The maximum absolute atomic E-state index is 9.34. The third-order valence-electron chi connectivity index (χ3n) is 2.12. The van der Waals surface area contributed by atoms with Crippen LogP contribution < -0.4 is 0 Å². The summed E-state index contributed by atoms with van der Waals surface area (Å²) in [5.74, 6) is 0.0960. The van der Waals surface area contributed by atoms with Gasteiger partial charge in [-0.05, 0) is 18.6 Å². The molecular weight excluding hydrogens is 172 g/mol. The average Bonchev–Trinajstić information content (AvgIpc) is 2.04. The molecule has 0 radical (unpaired) electrons. The van der Waals surface area contributed by atoms with E-state index in [2.05, 4.69) is 0 Å². The quantitative estimate of drug-likeness (QED) is 0.750. The molecule has 1 aromatic rings. The molecule has 1 aromatic carbocycles. The minimum atomic E-state index is -0.357. The van der Waals surface area contributed by atoms with Gasteiger partial charge in [-0.3, -0.25) is 0 Å². The summed E-state index contributed by atoms with van der Waals surface area (Å²) < 4.78 is 0. The van der Waals surface area contributed by atoms with Crippen molar-refractivity contribution in [3.05, 3.63) is 34.9 Å². The van der Waals surface area contributed by atoms with E-state index in [1.807, 2.05) is 31.2 Å². The Morgan fingerprint density at radius 2 is 1.83 bits per heavy atom. The lowest BCUT2D eigenvalue weighted by molar-refractivity contribution is 0.169. The third kappa shape index (κ3) is 1.99. The average molecular weight is 185 g/mol.